The molecule has 2 amide bonds. The molecule has 0 radical (unpaired) electrons. The molecule has 39 heavy (non-hydrogen) atoms. The summed E-state index contributed by atoms with van der Waals surface area (Å²) in [5.41, 5.74) is 4.15. The van der Waals surface area contributed by atoms with E-state index in [1.54, 1.807) is 28.8 Å². The predicted octanol–water partition coefficient (Wildman–Crippen LogP) is 7.62. The quantitative estimate of drug-likeness (QED) is 0.253. The Morgan fingerprint density at radius 1 is 0.949 bits per heavy atom. The molecular weight excluding hydrogens is 547 g/mol. The van der Waals surface area contributed by atoms with Crippen molar-refractivity contribution in [1.82, 2.24) is 10.2 Å². The first-order chi connectivity index (χ1) is 18.9. The lowest BCUT2D eigenvalue weighted by Crippen LogP contribution is -2.53. The van der Waals surface area contributed by atoms with Crippen LogP contribution in [0.4, 0.5) is 0 Å². The van der Waals surface area contributed by atoms with Crippen LogP contribution in [0.2, 0.25) is 10.0 Å². The van der Waals surface area contributed by atoms with Gasteiger partial charge >= 0.3 is 0 Å². The van der Waals surface area contributed by atoms with E-state index in [0.717, 1.165) is 42.6 Å². The zero-order valence-electron chi connectivity index (χ0n) is 22.4. The molecule has 0 unspecified atom stereocenters. The summed E-state index contributed by atoms with van der Waals surface area (Å²) in [5.74, 6) is 0.797. The summed E-state index contributed by atoms with van der Waals surface area (Å²) in [4.78, 5) is 29.4. The maximum atomic E-state index is 13.9. The van der Waals surface area contributed by atoms with Gasteiger partial charge in [-0.2, -0.15) is 0 Å². The molecule has 4 nitrogen and oxygen atoms in total. The van der Waals surface area contributed by atoms with Crippen LogP contribution in [0.3, 0.4) is 0 Å². The maximum absolute atomic E-state index is 13.9. The number of carbonyl (C=O) groups is 2. The summed E-state index contributed by atoms with van der Waals surface area (Å²) in [7, 11) is 0. The van der Waals surface area contributed by atoms with Crippen LogP contribution in [0.5, 0.6) is 0 Å². The van der Waals surface area contributed by atoms with Crippen molar-refractivity contribution < 1.29 is 9.59 Å². The molecule has 1 N–H and O–H groups in total. The van der Waals surface area contributed by atoms with Gasteiger partial charge in [0.05, 0.1) is 5.75 Å². The van der Waals surface area contributed by atoms with Crippen molar-refractivity contribution >= 4 is 46.8 Å². The molecule has 206 valence electrons. The molecule has 1 aliphatic carbocycles. The Kier molecular flexibility index (Phi) is 11.2. The minimum absolute atomic E-state index is 0.0853. The SMILES string of the molecule is Cc1ccc(CSCC(=O)N(Cc2ccc(Cl)cc2Cl)[C@@H](Cc2ccccc2)C(=O)NC2CCCCC2)cc1. The Hall–Kier alpha value is -2.47. The molecule has 1 atom stereocenters. The number of aryl methyl sites for hydroxylation is 1. The summed E-state index contributed by atoms with van der Waals surface area (Å²) in [6.07, 6.45) is 5.83. The third-order valence-corrected chi connectivity index (χ3v) is 8.77. The van der Waals surface area contributed by atoms with Gasteiger partial charge in [-0.05, 0) is 48.6 Å². The molecule has 0 aromatic heterocycles. The van der Waals surface area contributed by atoms with Gasteiger partial charge < -0.3 is 10.2 Å². The Morgan fingerprint density at radius 3 is 2.36 bits per heavy atom. The van der Waals surface area contributed by atoms with Crippen molar-refractivity contribution in [2.45, 2.75) is 69.8 Å². The van der Waals surface area contributed by atoms with Crippen molar-refractivity contribution in [2.24, 2.45) is 0 Å². The van der Waals surface area contributed by atoms with Gasteiger partial charge in [0.15, 0.2) is 0 Å². The average molecular weight is 584 g/mol. The minimum atomic E-state index is -0.659. The van der Waals surface area contributed by atoms with Crippen LogP contribution in [0.25, 0.3) is 0 Å². The van der Waals surface area contributed by atoms with Crippen molar-refractivity contribution in [3.8, 4) is 0 Å². The van der Waals surface area contributed by atoms with Crippen LogP contribution in [0.15, 0.2) is 72.8 Å². The lowest BCUT2D eigenvalue weighted by atomic mass is 9.94. The Bertz CT molecular complexity index is 1230. The van der Waals surface area contributed by atoms with Crippen LogP contribution in [0, 0.1) is 6.92 Å². The molecule has 1 fully saturated rings. The number of benzene rings is 3. The highest BCUT2D eigenvalue weighted by atomic mass is 35.5. The third kappa shape index (κ3) is 9.02. The number of amides is 2. The molecule has 0 aliphatic heterocycles. The fourth-order valence-electron chi connectivity index (χ4n) is 4.96. The van der Waals surface area contributed by atoms with E-state index in [2.05, 4.69) is 36.5 Å². The summed E-state index contributed by atoms with van der Waals surface area (Å²) >= 11 is 14.3. The second-order valence-corrected chi connectivity index (χ2v) is 12.1. The van der Waals surface area contributed by atoms with Gasteiger partial charge in [-0.3, -0.25) is 9.59 Å². The van der Waals surface area contributed by atoms with Crippen molar-refractivity contribution in [2.75, 3.05) is 5.75 Å². The zero-order chi connectivity index (χ0) is 27.6. The summed E-state index contributed by atoms with van der Waals surface area (Å²) < 4.78 is 0. The molecule has 1 saturated carbocycles. The van der Waals surface area contributed by atoms with Crippen molar-refractivity contribution in [1.29, 1.82) is 0 Å². The fraction of sp³-hybridized carbons (Fsp3) is 0.375. The van der Waals surface area contributed by atoms with E-state index in [1.807, 2.05) is 36.4 Å². The van der Waals surface area contributed by atoms with Crippen molar-refractivity contribution in [3.05, 3.63) is 105 Å². The van der Waals surface area contributed by atoms with E-state index < -0.39 is 6.04 Å². The van der Waals surface area contributed by atoms with E-state index >= 15 is 0 Å². The summed E-state index contributed by atoms with van der Waals surface area (Å²) in [6, 6.07) is 23.0. The fourth-order valence-corrected chi connectivity index (χ4v) is 6.29. The van der Waals surface area contributed by atoms with Crippen LogP contribution in [-0.4, -0.2) is 34.6 Å². The molecule has 0 spiro atoms. The highest BCUT2D eigenvalue weighted by Gasteiger charge is 2.32. The van der Waals surface area contributed by atoms with Gasteiger partial charge in [0.1, 0.15) is 6.04 Å². The zero-order valence-corrected chi connectivity index (χ0v) is 24.7. The normalized spacial score (nSPS) is 14.5. The number of carbonyl (C=O) groups excluding carboxylic acids is 2. The molecular formula is C32H36Cl2N2O2S. The van der Waals surface area contributed by atoms with Gasteiger partial charge in [-0.15, -0.1) is 11.8 Å². The smallest absolute Gasteiger partial charge is 0.243 e. The van der Waals surface area contributed by atoms with Crippen LogP contribution in [-0.2, 0) is 28.3 Å². The summed E-state index contributed by atoms with van der Waals surface area (Å²) in [5, 5.41) is 4.30. The topological polar surface area (TPSA) is 49.4 Å². The molecule has 0 heterocycles. The first-order valence-electron chi connectivity index (χ1n) is 13.6. The molecule has 0 bridgehead atoms. The minimum Gasteiger partial charge on any atom is -0.352 e. The molecule has 0 saturated heterocycles. The van der Waals surface area contributed by atoms with Crippen LogP contribution in [0.1, 0.15) is 54.4 Å². The Morgan fingerprint density at radius 2 is 1.67 bits per heavy atom. The number of hydrogen-bond donors (Lipinski definition) is 1. The first kappa shape index (κ1) is 29.5. The molecule has 4 rings (SSSR count). The number of halogens is 2. The molecule has 3 aromatic carbocycles. The van der Waals surface area contributed by atoms with E-state index in [0.29, 0.717) is 16.5 Å². The van der Waals surface area contributed by atoms with Crippen LogP contribution < -0.4 is 5.32 Å². The van der Waals surface area contributed by atoms with E-state index in [-0.39, 0.29) is 30.2 Å². The lowest BCUT2D eigenvalue weighted by molar-refractivity contribution is -0.139. The van der Waals surface area contributed by atoms with Gasteiger partial charge in [0.2, 0.25) is 11.8 Å². The largest absolute Gasteiger partial charge is 0.352 e. The number of thioether (sulfide) groups is 1. The second-order valence-electron chi connectivity index (χ2n) is 10.3. The number of hydrogen-bond acceptors (Lipinski definition) is 3. The molecule has 3 aromatic rings. The molecule has 7 heteroatoms. The van der Waals surface area contributed by atoms with Gasteiger partial charge in [0.25, 0.3) is 0 Å². The van der Waals surface area contributed by atoms with Crippen LogP contribution >= 0.6 is 35.0 Å². The number of nitrogens with zero attached hydrogens (tertiary/aromatic N) is 1. The van der Waals surface area contributed by atoms with Crippen molar-refractivity contribution in [3.63, 3.8) is 0 Å². The molecule has 1 aliphatic rings. The Labute approximate surface area is 246 Å². The highest BCUT2D eigenvalue weighted by Crippen LogP contribution is 2.26. The number of rotatable bonds is 11. The standard InChI is InChI=1S/C32H36Cl2N2O2S/c1-23-12-14-25(15-13-23)21-39-22-31(37)36(20-26-16-17-27(33)19-29(26)34)30(18-24-8-4-2-5-9-24)32(38)35-28-10-6-3-7-11-28/h2,4-5,8-9,12-17,19,28,30H,3,6-7,10-11,18,20-22H2,1H3,(H,35,38)/t30-/m0/s1. The lowest BCUT2D eigenvalue weighted by Gasteiger charge is -2.33. The average Bonchev–Trinajstić information content (AvgIpc) is 2.94. The Balaban J connectivity index is 1.58. The predicted molar refractivity (Wildman–Crippen MR) is 163 cm³/mol. The third-order valence-electron chi connectivity index (χ3n) is 7.19. The highest BCUT2D eigenvalue weighted by molar-refractivity contribution is 7.99. The van der Waals surface area contributed by atoms with Gasteiger partial charge in [-0.25, -0.2) is 0 Å². The van der Waals surface area contributed by atoms with E-state index in [1.165, 1.54) is 17.5 Å². The van der Waals surface area contributed by atoms with E-state index in [9.17, 15) is 9.59 Å². The van der Waals surface area contributed by atoms with Gasteiger partial charge in [-0.1, -0.05) is 109 Å². The first-order valence-corrected chi connectivity index (χ1v) is 15.5. The monoisotopic (exact) mass is 582 g/mol. The van der Waals surface area contributed by atoms with Gasteiger partial charge in [0, 0.05) is 34.8 Å². The van der Waals surface area contributed by atoms with E-state index in [4.69, 9.17) is 23.2 Å². The maximum Gasteiger partial charge on any atom is 0.243 e. The second kappa shape index (κ2) is 14.8. The number of nitrogens with one attached hydrogen (secondary N) is 1. The summed E-state index contributed by atoms with van der Waals surface area (Å²) in [6.45, 7) is 2.29.